The van der Waals surface area contributed by atoms with Gasteiger partial charge in [-0.25, -0.2) is 4.79 Å². The zero-order valence-electron chi connectivity index (χ0n) is 17.0. The number of hydrogen-bond donors (Lipinski definition) is 1. The molecule has 2 aliphatic carbocycles. The van der Waals surface area contributed by atoms with E-state index in [1.54, 1.807) is 0 Å². The van der Waals surface area contributed by atoms with Crippen molar-refractivity contribution in [3.8, 4) is 0 Å². The number of benzene rings is 1. The second-order valence-electron chi connectivity index (χ2n) is 8.17. The van der Waals surface area contributed by atoms with Crippen LogP contribution in [0.5, 0.6) is 0 Å². The maximum Gasteiger partial charge on any atom is 0.375 e. The Morgan fingerprint density at radius 3 is 2.47 bits per heavy atom. The average Bonchev–Trinajstić information content (AvgIpc) is 3.40. The first-order valence-electron chi connectivity index (χ1n) is 10.6. The van der Waals surface area contributed by atoms with Crippen LogP contribution in [-0.2, 0) is 30.5 Å². The third-order valence-electron chi connectivity index (χ3n) is 6.31. The van der Waals surface area contributed by atoms with Gasteiger partial charge in [-0.15, -0.1) is 0 Å². The standard InChI is InChI=1S/C23H28N2O5/c26-21(23(28)30-15-16-4-2-1-3-5-16)19-17-6-7-18(14-17)20(19)22(27)24-8-9-25-10-12-29-13-11-25/h1-7,17-20H,8-15H2,(H,24,27). The van der Waals surface area contributed by atoms with Crippen LogP contribution >= 0.6 is 0 Å². The van der Waals surface area contributed by atoms with E-state index in [4.69, 9.17) is 9.47 Å². The van der Waals surface area contributed by atoms with E-state index >= 15 is 0 Å². The Morgan fingerprint density at radius 1 is 1.03 bits per heavy atom. The number of nitrogens with one attached hydrogen (secondary N) is 1. The quantitative estimate of drug-likeness (QED) is 0.392. The van der Waals surface area contributed by atoms with Gasteiger partial charge in [0.15, 0.2) is 0 Å². The maximum absolute atomic E-state index is 12.9. The molecule has 30 heavy (non-hydrogen) atoms. The van der Waals surface area contributed by atoms with Crippen molar-refractivity contribution in [3.63, 3.8) is 0 Å². The summed E-state index contributed by atoms with van der Waals surface area (Å²) in [7, 11) is 0. The van der Waals surface area contributed by atoms with Gasteiger partial charge in [-0.2, -0.15) is 0 Å². The fraction of sp³-hybridized carbons (Fsp3) is 0.522. The van der Waals surface area contributed by atoms with Crippen LogP contribution in [-0.4, -0.2) is 62.0 Å². The Kier molecular flexibility index (Phi) is 6.59. The molecule has 1 saturated heterocycles. The summed E-state index contributed by atoms with van der Waals surface area (Å²) in [5.41, 5.74) is 0.823. The van der Waals surface area contributed by atoms with Crippen molar-refractivity contribution in [2.75, 3.05) is 39.4 Å². The zero-order chi connectivity index (χ0) is 20.9. The van der Waals surface area contributed by atoms with Gasteiger partial charge in [-0.05, 0) is 23.8 Å². The summed E-state index contributed by atoms with van der Waals surface area (Å²) in [6.45, 7) is 4.49. The molecule has 0 aromatic heterocycles. The number of allylic oxidation sites excluding steroid dienone is 2. The monoisotopic (exact) mass is 412 g/mol. The van der Waals surface area contributed by atoms with Crippen LogP contribution < -0.4 is 5.32 Å². The van der Waals surface area contributed by atoms with Gasteiger partial charge in [0.2, 0.25) is 11.7 Å². The van der Waals surface area contributed by atoms with Gasteiger partial charge >= 0.3 is 5.97 Å². The Hall–Kier alpha value is -2.51. The molecule has 1 amide bonds. The molecule has 160 valence electrons. The van der Waals surface area contributed by atoms with Gasteiger partial charge in [0, 0.05) is 32.1 Å². The highest BCUT2D eigenvalue weighted by Crippen LogP contribution is 2.48. The summed E-state index contributed by atoms with van der Waals surface area (Å²) in [5, 5.41) is 2.98. The summed E-state index contributed by atoms with van der Waals surface area (Å²) < 4.78 is 10.6. The molecule has 1 aliphatic heterocycles. The Bertz CT molecular complexity index is 803. The molecule has 4 unspecified atom stereocenters. The number of Topliss-reactive ketones (excluding diaryl/α,β-unsaturated/α-hetero) is 1. The topological polar surface area (TPSA) is 84.9 Å². The van der Waals surface area contributed by atoms with Crippen LogP contribution in [0.25, 0.3) is 0 Å². The number of nitrogens with zero attached hydrogens (tertiary/aromatic N) is 1. The predicted molar refractivity (Wildman–Crippen MR) is 109 cm³/mol. The highest BCUT2D eigenvalue weighted by Gasteiger charge is 2.53. The fourth-order valence-corrected chi connectivity index (χ4v) is 4.75. The molecule has 7 heteroatoms. The SMILES string of the molecule is O=C(OCc1ccccc1)C(=O)C1C2C=CC(C2)C1C(=O)NCCN1CCOCC1. The lowest BCUT2D eigenvalue weighted by Crippen LogP contribution is -2.45. The van der Waals surface area contributed by atoms with Gasteiger partial charge in [0.05, 0.1) is 19.1 Å². The summed E-state index contributed by atoms with van der Waals surface area (Å²) in [4.78, 5) is 40.4. The molecule has 4 atom stereocenters. The number of hydrogen-bond acceptors (Lipinski definition) is 6. The van der Waals surface area contributed by atoms with E-state index in [2.05, 4.69) is 10.2 Å². The van der Waals surface area contributed by atoms with Gasteiger partial charge in [0.25, 0.3) is 0 Å². The number of carbonyl (C=O) groups is 3. The van der Waals surface area contributed by atoms with E-state index in [0.29, 0.717) is 19.8 Å². The Morgan fingerprint density at radius 2 is 1.73 bits per heavy atom. The second kappa shape index (κ2) is 9.53. The maximum atomic E-state index is 12.9. The van der Waals surface area contributed by atoms with Crippen LogP contribution in [0, 0.1) is 23.7 Å². The molecule has 0 spiro atoms. The number of fused-ring (bicyclic) bond motifs is 2. The molecule has 1 N–H and O–H groups in total. The lowest BCUT2D eigenvalue weighted by atomic mass is 9.79. The van der Waals surface area contributed by atoms with E-state index in [0.717, 1.165) is 31.6 Å². The summed E-state index contributed by atoms with van der Waals surface area (Å²) >= 11 is 0. The molecule has 1 aromatic carbocycles. The van der Waals surface area contributed by atoms with E-state index < -0.39 is 23.6 Å². The van der Waals surface area contributed by atoms with E-state index in [9.17, 15) is 14.4 Å². The van der Waals surface area contributed by atoms with Crippen molar-refractivity contribution >= 4 is 17.7 Å². The molecule has 1 heterocycles. The zero-order valence-corrected chi connectivity index (χ0v) is 17.0. The van der Waals surface area contributed by atoms with Gasteiger partial charge in [-0.3, -0.25) is 14.5 Å². The van der Waals surface area contributed by atoms with Crippen LogP contribution in [0.4, 0.5) is 0 Å². The molecular weight excluding hydrogens is 384 g/mol. The number of esters is 1. The third kappa shape index (κ3) is 4.63. The first-order chi connectivity index (χ1) is 14.6. The van der Waals surface area contributed by atoms with Gasteiger partial charge < -0.3 is 14.8 Å². The normalized spacial score (nSPS) is 27.7. The highest BCUT2D eigenvalue weighted by molar-refractivity contribution is 6.35. The number of rotatable bonds is 8. The fourth-order valence-electron chi connectivity index (χ4n) is 4.75. The molecule has 1 saturated carbocycles. The molecule has 2 bridgehead atoms. The number of amides is 1. The predicted octanol–water partition coefficient (Wildman–Crippen LogP) is 1.19. The first-order valence-corrected chi connectivity index (χ1v) is 10.6. The van der Waals surface area contributed by atoms with Crippen molar-refractivity contribution in [1.29, 1.82) is 0 Å². The molecule has 7 nitrogen and oxygen atoms in total. The second-order valence-corrected chi connectivity index (χ2v) is 8.17. The molecular formula is C23H28N2O5. The van der Waals surface area contributed by atoms with Gasteiger partial charge in [0.1, 0.15) is 6.61 Å². The number of ether oxygens (including phenoxy) is 2. The highest BCUT2D eigenvalue weighted by atomic mass is 16.5. The van der Waals surface area contributed by atoms with Crippen molar-refractivity contribution in [1.82, 2.24) is 10.2 Å². The molecule has 3 aliphatic rings. The minimum Gasteiger partial charge on any atom is -0.455 e. The molecule has 1 aromatic rings. The molecule has 0 radical (unpaired) electrons. The largest absolute Gasteiger partial charge is 0.455 e. The minimum absolute atomic E-state index is 0.00857. The smallest absolute Gasteiger partial charge is 0.375 e. The molecule has 4 rings (SSSR count). The van der Waals surface area contributed by atoms with E-state index in [1.807, 2.05) is 42.5 Å². The van der Waals surface area contributed by atoms with Crippen molar-refractivity contribution in [2.24, 2.45) is 23.7 Å². The van der Waals surface area contributed by atoms with Crippen molar-refractivity contribution < 1.29 is 23.9 Å². The van der Waals surface area contributed by atoms with Gasteiger partial charge in [-0.1, -0.05) is 42.5 Å². The lowest BCUT2D eigenvalue weighted by Gasteiger charge is -2.28. The lowest BCUT2D eigenvalue weighted by molar-refractivity contribution is -0.158. The number of morpholine rings is 1. The van der Waals surface area contributed by atoms with Crippen molar-refractivity contribution in [2.45, 2.75) is 13.0 Å². The van der Waals surface area contributed by atoms with Crippen LogP contribution in [0.1, 0.15) is 12.0 Å². The third-order valence-corrected chi connectivity index (χ3v) is 6.31. The Balaban J connectivity index is 1.32. The van der Waals surface area contributed by atoms with Crippen molar-refractivity contribution in [3.05, 3.63) is 48.0 Å². The van der Waals surface area contributed by atoms with Crippen LogP contribution in [0.3, 0.4) is 0 Å². The van der Waals surface area contributed by atoms with E-state index in [-0.39, 0.29) is 24.3 Å². The minimum atomic E-state index is -0.851. The molecule has 2 fully saturated rings. The van der Waals surface area contributed by atoms with E-state index in [1.165, 1.54) is 0 Å². The van der Waals surface area contributed by atoms with Crippen LogP contribution in [0.2, 0.25) is 0 Å². The van der Waals surface area contributed by atoms with Crippen LogP contribution in [0.15, 0.2) is 42.5 Å². The summed E-state index contributed by atoms with van der Waals surface area (Å²) in [6.07, 6.45) is 4.72. The number of carbonyl (C=O) groups excluding carboxylic acids is 3. The summed E-state index contributed by atoms with van der Waals surface area (Å²) in [5.74, 6) is -2.77. The Labute approximate surface area is 176 Å². The average molecular weight is 412 g/mol. The summed E-state index contributed by atoms with van der Waals surface area (Å²) in [6, 6.07) is 9.25. The first kappa shape index (κ1) is 20.8. The number of ketones is 1.